The summed E-state index contributed by atoms with van der Waals surface area (Å²) in [6, 6.07) is 3.51. The molecule has 0 aliphatic heterocycles. The summed E-state index contributed by atoms with van der Waals surface area (Å²) in [5.74, 6) is 1.10. The van der Waals surface area contributed by atoms with Gasteiger partial charge in [0, 0.05) is 11.5 Å². The maximum Gasteiger partial charge on any atom is 0.331 e. The van der Waals surface area contributed by atoms with E-state index in [0.717, 1.165) is 29.1 Å². The Hall–Kier alpha value is -2.54. The van der Waals surface area contributed by atoms with E-state index in [9.17, 15) is 4.79 Å². The topological polar surface area (TPSA) is 66.9 Å². The molecule has 0 bridgehead atoms. The average molecular weight is 377 g/mol. The predicted octanol–water partition coefficient (Wildman–Crippen LogP) is 3.88. The van der Waals surface area contributed by atoms with E-state index in [1.165, 1.54) is 13.2 Å². The molecule has 0 unspecified atom stereocenters. The lowest BCUT2D eigenvalue weighted by atomic mass is 10.1. The molecule has 0 amide bonds. The molecule has 140 valence electrons. The molecule has 2 aromatic rings. The Labute approximate surface area is 157 Å². The van der Waals surface area contributed by atoms with Gasteiger partial charge in [-0.3, -0.25) is 0 Å². The lowest BCUT2D eigenvalue weighted by Gasteiger charge is -2.12. The number of ether oxygens (including phenoxy) is 4. The molecule has 1 aromatic heterocycles. The third kappa shape index (κ3) is 5.23. The van der Waals surface area contributed by atoms with Crippen LogP contribution in [0.5, 0.6) is 17.2 Å². The summed E-state index contributed by atoms with van der Waals surface area (Å²) in [5.41, 5.74) is 1.50. The maximum atomic E-state index is 11.9. The molecule has 0 radical (unpaired) electrons. The average Bonchev–Trinajstić information content (AvgIpc) is 3.11. The van der Waals surface area contributed by atoms with Crippen LogP contribution in [0.1, 0.15) is 29.6 Å². The van der Waals surface area contributed by atoms with Crippen molar-refractivity contribution in [1.82, 2.24) is 4.98 Å². The minimum atomic E-state index is -0.441. The number of carbonyl (C=O) groups excluding carboxylic acids is 1. The first-order valence-electron chi connectivity index (χ1n) is 8.19. The molecule has 0 saturated heterocycles. The van der Waals surface area contributed by atoms with Crippen LogP contribution < -0.4 is 14.2 Å². The minimum absolute atomic E-state index is 0.165. The van der Waals surface area contributed by atoms with Crippen LogP contribution in [0.4, 0.5) is 0 Å². The fourth-order valence-electron chi connectivity index (χ4n) is 2.30. The van der Waals surface area contributed by atoms with Gasteiger partial charge in [-0.1, -0.05) is 6.92 Å². The smallest absolute Gasteiger partial charge is 0.331 e. The quantitative estimate of drug-likeness (QED) is 0.488. The van der Waals surface area contributed by atoms with E-state index in [1.807, 2.05) is 5.38 Å². The highest BCUT2D eigenvalue weighted by Gasteiger charge is 2.12. The second-order valence-corrected chi connectivity index (χ2v) is 6.32. The van der Waals surface area contributed by atoms with Crippen LogP contribution in [0.3, 0.4) is 0 Å². The third-order valence-corrected chi connectivity index (χ3v) is 4.48. The summed E-state index contributed by atoms with van der Waals surface area (Å²) in [6.07, 6.45) is 4.99. The molecule has 26 heavy (non-hydrogen) atoms. The van der Waals surface area contributed by atoms with Crippen molar-refractivity contribution in [3.05, 3.63) is 39.9 Å². The first-order valence-corrected chi connectivity index (χ1v) is 9.07. The van der Waals surface area contributed by atoms with Crippen LogP contribution in [0, 0.1) is 0 Å². The highest BCUT2D eigenvalue weighted by atomic mass is 32.1. The molecule has 0 aliphatic rings. The monoisotopic (exact) mass is 377 g/mol. The minimum Gasteiger partial charge on any atom is -0.493 e. The number of benzene rings is 1. The zero-order chi connectivity index (χ0) is 18.9. The number of rotatable bonds is 9. The van der Waals surface area contributed by atoms with Gasteiger partial charge in [-0.15, -0.1) is 11.3 Å². The number of carbonyl (C=O) groups is 1. The molecule has 0 fully saturated rings. The zero-order valence-electron chi connectivity index (χ0n) is 15.4. The Kier molecular flexibility index (Phi) is 7.47. The second kappa shape index (κ2) is 9.82. The first kappa shape index (κ1) is 19.8. The van der Waals surface area contributed by atoms with Gasteiger partial charge in [-0.05, 0) is 36.6 Å². The zero-order valence-corrected chi connectivity index (χ0v) is 16.2. The normalized spacial score (nSPS) is 10.8. The van der Waals surface area contributed by atoms with E-state index >= 15 is 0 Å². The Morgan fingerprint density at radius 3 is 2.42 bits per heavy atom. The van der Waals surface area contributed by atoms with Crippen molar-refractivity contribution in [3.63, 3.8) is 0 Å². The number of hydrogen-bond acceptors (Lipinski definition) is 7. The summed E-state index contributed by atoms with van der Waals surface area (Å²) < 4.78 is 21.1. The largest absolute Gasteiger partial charge is 0.493 e. The van der Waals surface area contributed by atoms with Crippen molar-refractivity contribution in [2.24, 2.45) is 0 Å². The van der Waals surface area contributed by atoms with Gasteiger partial charge in [-0.25, -0.2) is 9.78 Å². The number of hydrogen-bond donors (Lipinski definition) is 0. The summed E-state index contributed by atoms with van der Waals surface area (Å²) in [5, 5.41) is 2.98. The maximum absolute atomic E-state index is 11.9. The highest BCUT2D eigenvalue weighted by Crippen LogP contribution is 2.38. The van der Waals surface area contributed by atoms with Gasteiger partial charge in [0.1, 0.15) is 6.61 Å². The molecule has 1 heterocycles. The van der Waals surface area contributed by atoms with Crippen LogP contribution in [-0.4, -0.2) is 32.3 Å². The van der Waals surface area contributed by atoms with Crippen molar-refractivity contribution in [1.29, 1.82) is 0 Å². The van der Waals surface area contributed by atoms with E-state index < -0.39 is 5.97 Å². The van der Waals surface area contributed by atoms with Crippen molar-refractivity contribution in [2.75, 3.05) is 21.3 Å². The standard InChI is InChI=1S/C19H23NO5S/c1-5-6-17-20-14(12-26-17)11-25-18(21)8-7-13-9-15(22-2)19(24-4)16(10-13)23-3/h7-10,12H,5-6,11H2,1-4H3/b8-7+. The summed E-state index contributed by atoms with van der Waals surface area (Å²) in [6.45, 7) is 2.27. The first-order chi connectivity index (χ1) is 12.6. The molecule has 0 aliphatic carbocycles. The Morgan fingerprint density at radius 2 is 1.85 bits per heavy atom. The van der Waals surface area contributed by atoms with Gasteiger partial charge in [0.2, 0.25) is 5.75 Å². The number of methoxy groups -OCH3 is 3. The van der Waals surface area contributed by atoms with E-state index in [1.54, 1.807) is 43.8 Å². The molecular weight excluding hydrogens is 354 g/mol. The van der Waals surface area contributed by atoms with Crippen LogP contribution in [0.2, 0.25) is 0 Å². The van der Waals surface area contributed by atoms with Crippen LogP contribution >= 0.6 is 11.3 Å². The van der Waals surface area contributed by atoms with Crippen LogP contribution in [-0.2, 0) is 22.6 Å². The van der Waals surface area contributed by atoms with Crippen molar-refractivity contribution in [2.45, 2.75) is 26.4 Å². The molecule has 0 N–H and O–H groups in total. The van der Waals surface area contributed by atoms with Crippen LogP contribution in [0.25, 0.3) is 6.08 Å². The molecule has 7 heteroatoms. The van der Waals surface area contributed by atoms with Gasteiger partial charge >= 0.3 is 5.97 Å². The Bertz CT molecular complexity index is 744. The molecule has 0 atom stereocenters. The SMILES string of the molecule is CCCc1nc(COC(=O)/C=C/c2cc(OC)c(OC)c(OC)c2)cs1. The number of nitrogens with zero attached hydrogens (tertiary/aromatic N) is 1. The van der Waals surface area contributed by atoms with Gasteiger partial charge in [-0.2, -0.15) is 0 Å². The van der Waals surface area contributed by atoms with Gasteiger partial charge in [0.15, 0.2) is 11.5 Å². The van der Waals surface area contributed by atoms with E-state index in [2.05, 4.69) is 11.9 Å². The van der Waals surface area contributed by atoms with Gasteiger partial charge in [0.05, 0.1) is 32.0 Å². The summed E-state index contributed by atoms with van der Waals surface area (Å²) >= 11 is 1.59. The molecule has 0 saturated carbocycles. The number of aromatic nitrogens is 1. The van der Waals surface area contributed by atoms with E-state index in [4.69, 9.17) is 18.9 Å². The molecule has 1 aromatic carbocycles. The highest BCUT2D eigenvalue weighted by molar-refractivity contribution is 7.09. The number of thiazole rings is 1. The van der Waals surface area contributed by atoms with E-state index in [0.29, 0.717) is 17.2 Å². The summed E-state index contributed by atoms with van der Waals surface area (Å²) in [7, 11) is 4.62. The fraction of sp³-hybridized carbons (Fsp3) is 0.368. The summed E-state index contributed by atoms with van der Waals surface area (Å²) in [4.78, 5) is 16.4. The van der Waals surface area contributed by atoms with Crippen molar-refractivity contribution < 1.29 is 23.7 Å². The van der Waals surface area contributed by atoms with Crippen LogP contribution in [0.15, 0.2) is 23.6 Å². The van der Waals surface area contributed by atoms with Crippen molar-refractivity contribution in [3.8, 4) is 17.2 Å². The van der Waals surface area contributed by atoms with Gasteiger partial charge < -0.3 is 18.9 Å². The third-order valence-electron chi connectivity index (χ3n) is 3.52. The molecule has 2 rings (SSSR count). The van der Waals surface area contributed by atoms with Gasteiger partial charge in [0.25, 0.3) is 0 Å². The molecule has 0 spiro atoms. The van der Waals surface area contributed by atoms with Crippen molar-refractivity contribution >= 4 is 23.4 Å². The molecule has 6 nitrogen and oxygen atoms in total. The Morgan fingerprint density at radius 1 is 1.15 bits per heavy atom. The van der Waals surface area contributed by atoms with E-state index in [-0.39, 0.29) is 6.61 Å². The Balaban J connectivity index is 2.00. The lowest BCUT2D eigenvalue weighted by Crippen LogP contribution is -2.01. The lowest BCUT2D eigenvalue weighted by molar-refractivity contribution is -0.139. The predicted molar refractivity (Wildman–Crippen MR) is 101 cm³/mol. The fourth-order valence-corrected chi connectivity index (χ4v) is 3.18. The second-order valence-electron chi connectivity index (χ2n) is 5.38. The molecular formula is C19H23NO5S. The number of aryl methyl sites for hydroxylation is 1. The number of esters is 1.